The third-order valence-electron chi connectivity index (χ3n) is 4.17. The van der Waals surface area contributed by atoms with Crippen molar-refractivity contribution >= 4 is 15.9 Å². The van der Waals surface area contributed by atoms with E-state index in [1.807, 2.05) is 13.1 Å². The monoisotopic (exact) mass is 327 g/mol. The standard InChI is InChI=1S/C15H22BrNO2/c1-4-11(8-17-2)15(9-19-10-15)12-5-6-14(18-3)13(16)7-12/h5-7,11,17H,4,8-10H2,1-3H3. The topological polar surface area (TPSA) is 30.5 Å². The molecule has 1 fully saturated rings. The van der Waals surface area contributed by atoms with Crippen LogP contribution >= 0.6 is 15.9 Å². The predicted molar refractivity (Wildman–Crippen MR) is 80.9 cm³/mol. The molecule has 1 aliphatic heterocycles. The van der Waals surface area contributed by atoms with Gasteiger partial charge in [-0.2, -0.15) is 0 Å². The number of halogens is 1. The Labute approximate surface area is 123 Å². The molecule has 0 saturated carbocycles. The summed E-state index contributed by atoms with van der Waals surface area (Å²) in [7, 11) is 3.71. The molecular weight excluding hydrogens is 306 g/mol. The van der Waals surface area contributed by atoms with Gasteiger partial charge in [0.05, 0.1) is 24.8 Å². The lowest BCUT2D eigenvalue weighted by Gasteiger charge is -2.47. The van der Waals surface area contributed by atoms with E-state index in [9.17, 15) is 0 Å². The van der Waals surface area contributed by atoms with Crippen molar-refractivity contribution in [2.24, 2.45) is 5.92 Å². The van der Waals surface area contributed by atoms with E-state index in [1.165, 1.54) is 5.56 Å². The van der Waals surface area contributed by atoms with Crippen LogP contribution in [0.2, 0.25) is 0 Å². The largest absolute Gasteiger partial charge is 0.496 e. The van der Waals surface area contributed by atoms with Crippen LogP contribution in [0.5, 0.6) is 5.75 Å². The van der Waals surface area contributed by atoms with Crippen LogP contribution < -0.4 is 10.1 Å². The SMILES string of the molecule is CCC(CNC)C1(c2ccc(OC)c(Br)c2)COC1. The van der Waals surface area contributed by atoms with Crippen molar-refractivity contribution < 1.29 is 9.47 Å². The number of benzene rings is 1. The highest BCUT2D eigenvalue weighted by Crippen LogP contribution is 2.42. The summed E-state index contributed by atoms with van der Waals surface area (Å²) in [6.45, 7) is 4.89. The number of hydrogen-bond acceptors (Lipinski definition) is 3. The Morgan fingerprint density at radius 1 is 1.47 bits per heavy atom. The third-order valence-corrected chi connectivity index (χ3v) is 4.79. The average molecular weight is 328 g/mol. The van der Waals surface area contributed by atoms with Gasteiger partial charge in [-0.15, -0.1) is 0 Å². The van der Waals surface area contributed by atoms with Crippen molar-refractivity contribution in [2.75, 3.05) is 33.9 Å². The van der Waals surface area contributed by atoms with Crippen molar-refractivity contribution in [1.29, 1.82) is 0 Å². The number of ether oxygens (including phenoxy) is 2. The maximum atomic E-state index is 5.54. The fourth-order valence-electron chi connectivity index (χ4n) is 2.91. The third kappa shape index (κ3) is 2.67. The second-order valence-corrected chi connectivity index (χ2v) is 6.02. The second-order valence-electron chi connectivity index (χ2n) is 5.16. The molecule has 106 valence electrons. The minimum absolute atomic E-state index is 0.145. The number of hydrogen-bond donors (Lipinski definition) is 1. The summed E-state index contributed by atoms with van der Waals surface area (Å²) >= 11 is 3.58. The molecule has 1 saturated heterocycles. The lowest BCUT2D eigenvalue weighted by molar-refractivity contribution is -0.0910. The smallest absolute Gasteiger partial charge is 0.133 e. The van der Waals surface area contributed by atoms with Crippen molar-refractivity contribution in [3.8, 4) is 5.75 Å². The van der Waals surface area contributed by atoms with Gasteiger partial charge in [0.1, 0.15) is 5.75 Å². The molecule has 0 radical (unpaired) electrons. The van der Waals surface area contributed by atoms with Crippen LogP contribution in [-0.4, -0.2) is 33.9 Å². The fourth-order valence-corrected chi connectivity index (χ4v) is 3.45. The van der Waals surface area contributed by atoms with Gasteiger partial charge in [0, 0.05) is 5.41 Å². The zero-order chi connectivity index (χ0) is 13.9. The Kier molecular flexibility index (Phi) is 4.87. The van der Waals surface area contributed by atoms with Gasteiger partial charge in [-0.25, -0.2) is 0 Å². The first kappa shape index (κ1) is 14.8. The Morgan fingerprint density at radius 3 is 2.63 bits per heavy atom. The second kappa shape index (κ2) is 6.25. The molecule has 1 aromatic carbocycles. The minimum atomic E-state index is 0.145. The summed E-state index contributed by atoms with van der Waals surface area (Å²) < 4.78 is 11.9. The van der Waals surface area contributed by atoms with Gasteiger partial charge in [-0.3, -0.25) is 0 Å². The van der Waals surface area contributed by atoms with Crippen LogP contribution in [-0.2, 0) is 10.2 Å². The zero-order valence-corrected chi connectivity index (χ0v) is 13.4. The van der Waals surface area contributed by atoms with E-state index in [1.54, 1.807) is 7.11 Å². The maximum absolute atomic E-state index is 5.54. The van der Waals surface area contributed by atoms with Crippen LogP contribution in [0.25, 0.3) is 0 Å². The van der Waals surface area contributed by atoms with E-state index in [0.29, 0.717) is 5.92 Å². The van der Waals surface area contributed by atoms with Gasteiger partial charge in [0.15, 0.2) is 0 Å². The molecule has 3 nitrogen and oxygen atoms in total. The fraction of sp³-hybridized carbons (Fsp3) is 0.600. The molecular formula is C15H22BrNO2. The van der Waals surface area contributed by atoms with Crippen molar-refractivity contribution in [1.82, 2.24) is 5.32 Å². The molecule has 1 atom stereocenters. The van der Waals surface area contributed by atoms with Crippen molar-refractivity contribution in [2.45, 2.75) is 18.8 Å². The Hall–Kier alpha value is -0.580. The summed E-state index contributed by atoms with van der Waals surface area (Å²) in [4.78, 5) is 0. The quantitative estimate of drug-likeness (QED) is 0.871. The van der Waals surface area contributed by atoms with Crippen LogP contribution in [0, 0.1) is 5.92 Å². The summed E-state index contributed by atoms with van der Waals surface area (Å²) in [6, 6.07) is 6.38. The Bertz CT molecular complexity index is 432. The molecule has 1 aliphatic rings. The molecule has 1 aromatic rings. The number of rotatable bonds is 6. The minimum Gasteiger partial charge on any atom is -0.496 e. The summed E-state index contributed by atoms with van der Waals surface area (Å²) in [6.07, 6.45) is 1.15. The Balaban J connectivity index is 2.32. The van der Waals surface area contributed by atoms with E-state index in [0.717, 1.165) is 36.4 Å². The van der Waals surface area contributed by atoms with E-state index < -0.39 is 0 Å². The lowest BCUT2D eigenvalue weighted by atomic mass is 9.67. The highest BCUT2D eigenvalue weighted by atomic mass is 79.9. The van der Waals surface area contributed by atoms with Gasteiger partial charge in [-0.1, -0.05) is 19.4 Å². The summed E-state index contributed by atoms with van der Waals surface area (Å²) in [5.74, 6) is 1.47. The van der Waals surface area contributed by atoms with Crippen LogP contribution in [0.4, 0.5) is 0 Å². The first-order chi connectivity index (χ1) is 9.17. The van der Waals surface area contributed by atoms with Gasteiger partial charge < -0.3 is 14.8 Å². The van der Waals surface area contributed by atoms with E-state index in [4.69, 9.17) is 9.47 Å². The van der Waals surface area contributed by atoms with Gasteiger partial charge >= 0.3 is 0 Å². The molecule has 1 heterocycles. The molecule has 0 spiro atoms. The molecule has 0 aromatic heterocycles. The number of nitrogens with one attached hydrogen (secondary N) is 1. The van der Waals surface area contributed by atoms with Gasteiger partial charge in [0.25, 0.3) is 0 Å². The highest BCUT2D eigenvalue weighted by molar-refractivity contribution is 9.10. The van der Waals surface area contributed by atoms with Crippen LogP contribution in [0.3, 0.4) is 0 Å². The van der Waals surface area contributed by atoms with Gasteiger partial charge in [-0.05, 0) is 53.1 Å². The molecule has 0 amide bonds. The molecule has 1 N–H and O–H groups in total. The van der Waals surface area contributed by atoms with E-state index in [2.05, 4.69) is 40.3 Å². The van der Waals surface area contributed by atoms with Crippen molar-refractivity contribution in [3.05, 3.63) is 28.2 Å². The molecule has 0 bridgehead atoms. The van der Waals surface area contributed by atoms with Crippen LogP contribution in [0.15, 0.2) is 22.7 Å². The molecule has 2 rings (SSSR count). The highest BCUT2D eigenvalue weighted by Gasteiger charge is 2.46. The lowest BCUT2D eigenvalue weighted by Crippen LogP contribution is -2.54. The number of methoxy groups -OCH3 is 1. The molecule has 1 unspecified atom stereocenters. The zero-order valence-electron chi connectivity index (χ0n) is 11.8. The normalized spacial score (nSPS) is 18.7. The first-order valence-corrected chi connectivity index (χ1v) is 7.53. The van der Waals surface area contributed by atoms with Gasteiger partial charge in [0.2, 0.25) is 0 Å². The predicted octanol–water partition coefficient (Wildman–Crippen LogP) is 2.97. The maximum Gasteiger partial charge on any atom is 0.133 e. The van der Waals surface area contributed by atoms with Crippen LogP contribution in [0.1, 0.15) is 18.9 Å². The summed E-state index contributed by atoms with van der Waals surface area (Å²) in [5, 5.41) is 3.31. The first-order valence-electron chi connectivity index (χ1n) is 6.74. The van der Waals surface area contributed by atoms with E-state index in [-0.39, 0.29) is 5.41 Å². The van der Waals surface area contributed by atoms with Crippen molar-refractivity contribution in [3.63, 3.8) is 0 Å². The molecule has 4 heteroatoms. The molecule has 19 heavy (non-hydrogen) atoms. The van der Waals surface area contributed by atoms with E-state index >= 15 is 0 Å². The average Bonchev–Trinajstić information content (AvgIpc) is 2.36. The summed E-state index contributed by atoms with van der Waals surface area (Å²) in [5.41, 5.74) is 1.49. The Morgan fingerprint density at radius 2 is 2.21 bits per heavy atom. The molecule has 0 aliphatic carbocycles.